The molecule has 3 aromatic carbocycles. The fourth-order valence-corrected chi connectivity index (χ4v) is 2.93. The molecule has 0 fully saturated rings. The van der Waals surface area contributed by atoms with Gasteiger partial charge in [-0.05, 0) is 50.8 Å². The number of hydrogen-bond donors (Lipinski definition) is 0. The van der Waals surface area contributed by atoms with E-state index in [4.69, 9.17) is 4.74 Å². The first-order chi connectivity index (χ1) is 12.3. The van der Waals surface area contributed by atoms with Gasteiger partial charge in [0.15, 0.2) is 0 Å². The average Bonchev–Trinajstić information content (AvgIpc) is 2.67. The normalized spacial score (nSPS) is 11.0. The molecule has 0 aliphatic carbocycles. The minimum atomic E-state index is 0.516. The largest absolute Gasteiger partial charge is 0.488 e. The second kappa shape index (κ2) is 8.32. The van der Waals surface area contributed by atoms with Crippen molar-refractivity contribution in [1.29, 1.82) is 5.26 Å². The highest BCUT2D eigenvalue weighted by Crippen LogP contribution is 2.28. The van der Waals surface area contributed by atoms with Crippen LogP contribution < -0.4 is 4.74 Å². The molecule has 122 valence electrons. The topological polar surface area (TPSA) is 33.0 Å². The SMILES string of the molecule is N#C/C(=C\c1ccc(OCc2ccccc2)c(Br)c1)c1ccccc1. The van der Waals surface area contributed by atoms with E-state index in [1.807, 2.05) is 84.9 Å². The zero-order valence-corrected chi connectivity index (χ0v) is 15.1. The van der Waals surface area contributed by atoms with E-state index in [2.05, 4.69) is 22.0 Å². The Hall–Kier alpha value is -2.83. The molecule has 0 unspecified atom stereocenters. The van der Waals surface area contributed by atoms with E-state index in [1.165, 1.54) is 0 Å². The molecule has 25 heavy (non-hydrogen) atoms. The van der Waals surface area contributed by atoms with Crippen molar-refractivity contribution in [2.75, 3.05) is 0 Å². The summed E-state index contributed by atoms with van der Waals surface area (Å²) in [7, 11) is 0. The maximum atomic E-state index is 9.42. The summed E-state index contributed by atoms with van der Waals surface area (Å²) in [5, 5.41) is 9.42. The summed E-state index contributed by atoms with van der Waals surface area (Å²) in [6, 6.07) is 27.8. The Kier molecular flexibility index (Phi) is 5.66. The van der Waals surface area contributed by atoms with Gasteiger partial charge in [0, 0.05) is 0 Å². The standard InChI is InChI=1S/C22H16BrNO/c23-21-14-18(13-20(15-24)19-9-5-2-6-10-19)11-12-22(21)25-16-17-7-3-1-4-8-17/h1-14H,16H2/b20-13+. The van der Waals surface area contributed by atoms with Crippen LogP contribution in [-0.4, -0.2) is 0 Å². The van der Waals surface area contributed by atoms with Crippen LogP contribution in [0.15, 0.2) is 83.3 Å². The van der Waals surface area contributed by atoms with E-state index in [1.54, 1.807) is 0 Å². The third kappa shape index (κ3) is 4.59. The summed E-state index contributed by atoms with van der Waals surface area (Å²) in [6.07, 6.45) is 1.88. The van der Waals surface area contributed by atoms with Crippen LogP contribution in [-0.2, 0) is 6.61 Å². The monoisotopic (exact) mass is 389 g/mol. The van der Waals surface area contributed by atoms with Crippen molar-refractivity contribution in [2.45, 2.75) is 6.61 Å². The molecular weight excluding hydrogens is 374 g/mol. The average molecular weight is 390 g/mol. The Balaban J connectivity index is 1.77. The molecule has 3 heteroatoms. The van der Waals surface area contributed by atoms with Gasteiger partial charge in [0.05, 0.1) is 16.1 Å². The molecule has 0 radical (unpaired) electrons. The second-order valence-electron chi connectivity index (χ2n) is 5.50. The van der Waals surface area contributed by atoms with Gasteiger partial charge in [0.1, 0.15) is 12.4 Å². The van der Waals surface area contributed by atoms with Crippen LogP contribution in [0.25, 0.3) is 11.6 Å². The molecule has 0 atom stereocenters. The molecule has 0 spiro atoms. The number of halogens is 1. The lowest BCUT2D eigenvalue weighted by Gasteiger charge is -2.09. The molecule has 0 N–H and O–H groups in total. The van der Waals surface area contributed by atoms with E-state index in [0.29, 0.717) is 12.2 Å². The zero-order valence-electron chi connectivity index (χ0n) is 13.5. The van der Waals surface area contributed by atoms with E-state index in [9.17, 15) is 5.26 Å². The van der Waals surface area contributed by atoms with Crippen molar-refractivity contribution in [1.82, 2.24) is 0 Å². The van der Waals surface area contributed by atoms with Crippen molar-refractivity contribution >= 4 is 27.6 Å². The molecule has 0 saturated heterocycles. The smallest absolute Gasteiger partial charge is 0.134 e. The van der Waals surface area contributed by atoms with Crippen LogP contribution in [0.4, 0.5) is 0 Å². The quantitative estimate of drug-likeness (QED) is 0.390. The van der Waals surface area contributed by atoms with Crippen molar-refractivity contribution < 1.29 is 4.74 Å². The third-order valence-corrected chi connectivity index (χ3v) is 4.33. The first kappa shape index (κ1) is 17.0. The Bertz CT molecular complexity index is 912. The Morgan fingerprint density at radius 2 is 1.64 bits per heavy atom. The lowest BCUT2D eigenvalue weighted by atomic mass is 10.0. The molecule has 0 saturated carbocycles. The summed E-state index contributed by atoms with van der Waals surface area (Å²) in [5.41, 5.74) is 3.60. The molecule has 0 aliphatic heterocycles. The van der Waals surface area contributed by atoms with Crippen LogP contribution in [0.5, 0.6) is 5.75 Å². The molecule has 0 aromatic heterocycles. The number of allylic oxidation sites excluding steroid dienone is 1. The van der Waals surface area contributed by atoms with Gasteiger partial charge in [-0.1, -0.05) is 66.7 Å². The van der Waals surface area contributed by atoms with Gasteiger partial charge in [-0.3, -0.25) is 0 Å². The minimum absolute atomic E-state index is 0.516. The molecular formula is C22H16BrNO. The number of hydrogen-bond acceptors (Lipinski definition) is 2. The van der Waals surface area contributed by atoms with E-state index in [-0.39, 0.29) is 0 Å². The fraction of sp³-hybridized carbons (Fsp3) is 0.0455. The highest BCUT2D eigenvalue weighted by Gasteiger charge is 2.05. The lowest BCUT2D eigenvalue weighted by Crippen LogP contribution is -1.95. The summed E-state index contributed by atoms with van der Waals surface area (Å²) in [5.74, 6) is 0.777. The highest BCUT2D eigenvalue weighted by atomic mass is 79.9. The number of benzene rings is 3. The fourth-order valence-electron chi connectivity index (χ4n) is 2.42. The van der Waals surface area contributed by atoms with Crippen LogP contribution in [0.2, 0.25) is 0 Å². The minimum Gasteiger partial charge on any atom is -0.488 e. The summed E-state index contributed by atoms with van der Waals surface area (Å²) < 4.78 is 6.72. The van der Waals surface area contributed by atoms with Crippen LogP contribution >= 0.6 is 15.9 Å². The predicted molar refractivity (Wildman–Crippen MR) is 105 cm³/mol. The Morgan fingerprint density at radius 1 is 0.960 bits per heavy atom. The van der Waals surface area contributed by atoms with Crippen molar-refractivity contribution in [3.8, 4) is 11.8 Å². The van der Waals surface area contributed by atoms with E-state index < -0.39 is 0 Å². The molecule has 0 bridgehead atoms. The van der Waals surface area contributed by atoms with Crippen LogP contribution in [0, 0.1) is 11.3 Å². The van der Waals surface area contributed by atoms with Gasteiger partial charge in [0.25, 0.3) is 0 Å². The van der Waals surface area contributed by atoms with Crippen molar-refractivity contribution in [3.05, 3.63) is 100 Å². The van der Waals surface area contributed by atoms with Gasteiger partial charge < -0.3 is 4.74 Å². The van der Waals surface area contributed by atoms with Gasteiger partial charge in [-0.25, -0.2) is 0 Å². The Morgan fingerprint density at radius 3 is 2.28 bits per heavy atom. The number of nitrogens with zero attached hydrogens (tertiary/aromatic N) is 1. The molecule has 2 nitrogen and oxygen atoms in total. The number of nitriles is 1. The maximum absolute atomic E-state index is 9.42. The van der Waals surface area contributed by atoms with Gasteiger partial charge in [0.2, 0.25) is 0 Å². The van der Waals surface area contributed by atoms with Gasteiger partial charge in [-0.2, -0.15) is 5.26 Å². The third-order valence-electron chi connectivity index (χ3n) is 3.71. The van der Waals surface area contributed by atoms with Crippen molar-refractivity contribution in [3.63, 3.8) is 0 Å². The van der Waals surface area contributed by atoms with Crippen molar-refractivity contribution in [2.24, 2.45) is 0 Å². The number of ether oxygens (including phenoxy) is 1. The molecule has 3 aromatic rings. The predicted octanol–water partition coefficient (Wildman–Crippen LogP) is 6.09. The van der Waals surface area contributed by atoms with E-state index in [0.717, 1.165) is 26.9 Å². The highest BCUT2D eigenvalue weighted by molar-refractivity contribution is 9.10. The maximum Gasteiger partial charge on any atom is 0.134 e. The summed E-state index contributed by atoms with van der Waals surface area (Å²) >= 11 is 3.55. The van der Waals surface area contributed by atoms with Crippen LogP contribution in [0.3, 0.4) is 0 Å². The summed E-state index contributed by atoms with van der Waals surface area (Å²) in [4.78, 5) is 0. The Labute approximate surface area is 156 Å². The summed E-state index contributed by atoms with van der Waals surface area (Å²) in [6.45, 7) is 0.516. The lowest BCUT2D eigenvalue weighted by molar-refractivity contribution is 0.304. The first-order valence-electron chi connectivity index (χ1n) is 7.90. The van der Waals surface area contributed by atoms with E-state index >= 15 is 0 Å². The van der Waals surface area contributed by atoms with Gasteiger partial charge in [-0.15, -0.1) is 0 Å². The molecule has 3 rings (SSSR count). The zero-order chi connectivity index (χ0) is 17.5. The first-order valence-corrected chi connectivity index (χ1v) is 8.69. The molecule has 0 aliphatic rings. The number of rotatable bonds is 5. The molecule has 0 heterocycles. The van der Waals surface area contributed by atoms with Crippen LogP contribution in [0.1, 0.15) is 16.7 Å². The second-order valence-corrected chi connectivity index (χ2v) is 6.35. The van der Waals surface area contributed by atoms with Gasteiger partial charge >= 0.3 is 0 Å². The molecule has 0 amide bonds.